The van der Waals surface area contributed by atoms with E-state index in [1.807, 2.05) is 6.08 Å². The molecule has 0 aromatic rings. The molecule has 0 fully saturated rings. The minimum absolute atomic E-state index is 0.202. The van der Waals surface area contributed by atoms with Gasteiger partial charge in [-0.05, 0) is 0 Å². The zero-order valence-corrected chi connectivity index (χ0v) is 10.8. The fraction of sp³-hybridized carbons (Fsp3) is 0.727. The summed E-state index contributed by atoms with van der Waals surface area (Å²) in [4.78, 5) is 10.5. The van der Waals surface area contributed by atoms with E-state index in [0.717, 1.165) is 0 Å². The Kier molecular flexibility index (Phi) is 6.54. The second-order valence-electron chi connectivity index (χ2n) is 3.63. The molecule has 0 bridgehead atoms. The van der Waals surface area contributed by atoms with Crippen molar-refractivity contribution in [2.75, 3.05) is 6.61 Å². The van der Waals surface area contributed by atoms with Gasteiger partial charge in [0.15, 0.2) is 0 Å². The van der Waals surface area contributed by atoms with E-state index in [0.29, 0.717) is 6.61 Å². The first-order valence-corrected chi connectivity index (χ1v) is 8.11. The Hall–Kier alpha value is -0.573. The average Bonchev–Trinajstić information content (AvgIpc) is 2.19. The Morgan fingerprint density at radius 2 is 1.71 bits per heavy atom. The van der Waals surface area contributed by atoms with E-state index in [-0.39, 0.29) is 5.97 Å². The molecule has 0 atom stereocenters. The molecule has 3 heteroatoms. The molecule has 0 spiro atoms. The molecule has 0 aliphatic rings. The van der Waals surface area contributed by atoms with Gasteiger partial charge in [0.25, 0.3) is 0 Å². The van der Waals surface area contributed by atoms with Gasteiger partial charge in [-0.3, -0.25) is 4.79 Å². The zero-order chi connectivity index (χ0) is 11.0. The van der Waals surface area contributed by atoms with Gasteiger partial charge in [0.2, 0.25) is 0 Å². The number of hydrogen-bond donors (Lipinski definition) is 0. The van der Waals surface area contributed by atoms with E-state index in [1.165, 1.54) is 25.1 Å². The van der Waals surface area contributed by atoms with Crippen LogP contribution < -0.4 is 0 Å². The molecule has 0 aliphatic heterocycles. The second-order valence-corrected chi connectivity index (χ2v) is 8.81. The molecule has 0 unspecified atom stereocenters. The molecular formula is C11H22O2Si. The largest absolute Gasteiger partial charge is 0.462 e. The molecule has 82 valence electrons. The van der Waals surface area contributed by atoms with E-state index in [4.69, 9.17) is 4.74 Å². The van der Waals surface area contributed by atoms with Crippen LogP contribution >= 0.6 is 0 Å². The van der Waals surface area contributed by atoms with E-state index in [2.05, 4.69) is 26.5 Å². The molecule has 0 radical (unpaired) electrons. The molecular weight excluding hydrogens is 192 g/mol. The maximum absolute atomic E-state index is 10.5. The maximum Gasteiger partial charge on any atom is 0.302 e. The van der Waals surface area contributed by atoms with E-state index < -0.39 is 8.07 Å². The Morgan fingerprint density at radius 1 is 1.21 bits per heavy atom. The first kappa shape index (κ1) is 13.4. The molecule has 0 aliphatic carbocycles. The zero-order valence-electron chi connectivity index (χ0n) is 9.80. The van der Waals surface area contributed by atoms with Crippen molar-refractivity contribution in [3.8, 4) is 0 Å². The summed E-state index contributed by atoms with van der Waals surface area (Å²) in [7, 11) is -1.16. The number of carbonyl (C=O) groups is 1. The fourth-order valence-electron chi connectivity index (χ4n) is 1.57. The summed E-state index contributed by atoms with van der Waals surface area (Å²) in [6.45, 7) is 8.66. The van der Waals surface area contributed by atoms with Crippen LogP contribution in [0.2, 0.25) is 18.1 Å². The summed E-state index contributed by atoms with van der Waals surface area (Å²) < 4.78 is 4.87. The quantitative estimate of drug-likeness (QED) is 0.501. The van der Waals surface area contributed by atoms with Crippen molar-refractivity contribution in [2.24, 2.45) is 0 Å². The predicted octanol–water partition coefficient (Wildman–Crippen LogP) is 3.15. The lowest BCUT2D eigenvalue weighted by atomic mass is 10.7. The first-order valence-electron chi connectivity index (χ1n) is 5.41. The van der Waals surface area contributed by atoms with Crippen molar-refractivity contribution in [1.29, 1.82) is 0 Å². The number of rotatable bonds is 6. The van der Waals surface area contributed by atoms with Crippen LogP contribution in [-0.4, -0.2) is 20.7 Å². The summed E-state index contributed by atoms with van der Waals surface area (Å²) in [5.74, 6) is -0.202. The van der Waals surface area contributed by atoms with Crippen LogP contribution in [-0.2, 0) is 9.53 Å². The summed E-state index contributed by atoms with van der Waals surface area (Å²) in [5, 5.41) is 0. The van der Waals surface area contributed by atoms with Crippen molar-refractivity contribution in [3.05, 3.63) is 11.8 Å². The minimum atomic E-state index is -1.16. The molecule has 0 aromatic carbocycles. The van der Waals surface area contributed by atoms with Gasteiger partial charge in [0.1, 0.15) is 6.61 Å². The monoisotopic (exact) mass is 214 g/mol. The molecule has 0 N–H and O–H groups in total. The molecule has 0 heterocycles. The summed E-state index contributed by atoms with van der Waals surface area (Å²) in [6.07, 6.45) is 2.02. The number of carbonyl (C=O) groups excluding carboxylic acids is 1. The van der Waals surface area contributed by atoms with Crippen molar-refractivity contribution in [3.63, 3.8) is 0 Å². The van der Waals surface area contributed by atoms with Gasteiger partial charge >= 0.3 is 5.97 Å². The third-order valence-corrected chi connectivity index (χ3v) is 8.13. The predicted molar refractivity (Wildman–Crippen MR) is 63.0 cm³/mol. The SMILES string of the molecule is CC[Si](/C=C/COC(C)=O)(CC)CC. The molecule has 0 saturated heterocycles. The van der Waals surface area contributed by atoms with Crippen molar-refractivity contribution in [2.45, 2.75) is 45.8 Å². The van der Waals surface area contributed by atoms with Gasteiger partial charge in [-0.25, -0.2) is 0 Å². The Bertz CT molecular complexity index is 187. The van der Waals surface area contributed by atoms with Crippen LogP contribution in [0.5, 0.6) is 0 Å². The van der Waals surface area contributed by atoms with Gasteiger partial charge in [-0.2, -0.15) is 0 Å². The van der Waals surface area contributed by atoms with Gasteiger partial charge in [-0.1, -0.05) is 50.7 Å². The van der Waals surface area contributed by atoms with Crippen molar-refractivity contribution < 1.29 is 9.53 Å². The van der Waals surface area contributed by atoms with E-state index in [9.17, 15) is 4.79 Å². The highest BCUT2D eigenvalue weighted by molar-refractivity contribution is 6.84. The Balaban J connectivity index is 4.08. The van der Waals surface area contributed by atoms with Crippen LogP contribution in [0.4, 0.5) is 0 Å². The smallest absolute Gasteiger partial charge is 0.302 e. The van der Waals surface area contributed by atoms with Crippen LogP contribution in [0.3, 0.4) is 0 Å². The van der Waals surface area contributed by atoms with Crippen LogP contribution in [0.1, 0.15) is 27.7 Å². The lowest BCUT2D eigenvalue weighted by Crippen LogP contribution is -2.28. The highest BCUT2D eigenvalue weighted by atomic mass is 28.3. The van der Waals surface area contributed by atoms with Gasteiger partial charge in [0.05, 0.1) is 8.07 Å². The fourth-order valence-corrected chi connectivity index (χ4v) is 4.37. The molecule has 0 aromatic heterocycles. The third-order valence-electron chi connectivity index (χ3n) is 2.97. The highest BCUT2D eigenvalue weighted by Crippen LogP contribution is 2.21. The highest BCUT2D eigenvalue weighted by Gasteiger charge is 2.22. The van der Waals surface area contributed by atoms with Crippen LogP contribution in [0.25, 0.3) is 0 Å². The average molecular weight is 214 g/mol. The van der Waals surface area contributed by atoms with E-state index >= 15 is 0 Å². The number of ether oxygens (including phenoxy) is 1. The third kappa shape index (κ3) is 4.60. The maximum atomic E-state index is 10.5. The van der Waals surface area contributed by atoms with Gasteiger partial charge in [-0.15, -0.1) is 0 Å². The molecule has 0 amide bonds. The summed E-state index contributed by atoms with van der Waals surface area (Å²) in [5.41, 5.74) is 2.33. The Morgan fingerprint density at radius 3 is 2.07 bits per heavy atom. The normalized spacial score (nSPS) is 12.0. The second kappa shape index (κ2) is 6.82. The lowest BCUT2D eigenvalue weighted by molar-refractivity contribution is -0.139. The summed E-state index contributed by atoms with van der Waals surface area (Å²) >= 11 is 0. The molecule has 0 saturated carbocycles. The van der Waals surface area contributed by atoms with Crippen molar-refractivity contribution >= 4 is 14.0 Å². The lowest BCUT2D eigenvalue weighted by Gasteiger charge is -2.23. The molecule has 14 heavy (non-hydrogen) atoms. The first-order chi connectivity index (χ1) is 6.60. The van der Waals surface area contributed by atoms with Gasteiger partial charge < -0.3 is 4.74 Å². The number of esters is 1. The van der Waals surface area contributed by atoms with E-state index in [1.54, 1.807) is 0 Å². The minimum Gasteiger partial charge on any atom is -0.462 e. The number of hydrogen-bond acceptors (Lipinski definition) is 2. The Labute approximate surface area is 88.4 Å². The van der Waals surface area contributed by atoms with Crippen LogP contribution in [0.15, 0.2) is 11.8 Å². The van der Waals surface area contributed by atoms with Crippen LogP contribution in [0, 0.1) is 0 Å². The van der Waals surface area contributed by atoms with Crippen molar-refractivity contribution in [1.82, 2.24) is 0 Å². The molecule has 2 nitrogen and oxygen atoms in total. The molecule has 0 rings (SSSR count). The summed E-state index contributed by atoms with van der Waals surface area (Å²) in [6, 6.07) is 3.82. The topological polar surface area (TPSA) is 26.3 Å². The standard InChI is InChI=1S/C11H22O2Si/c1-5-14(6-2,7-3)10-8-9-13-11(4)12/h8,10H,5-7,9H2,1-4H3/b10-8+. The van der Waals surface area contributed by atoms with Gasteiger partial charge in [0, 0.05) is 6.92 Å².